The number of thiocarbonyl (C=S) groups is 2. The molecule has 0 unspecified atom stereocenters. The van der Waals surface area contributed by atoms with Crippen LogP contribution in [0.4, 0.5) is 5.69 Å². The summed E-state index contributed by atoms with van der Waals surface area (Å²) in [5.74, 6) is 0. The van der Waals surface area contributed by atoms with Crippen molar-refractivity contribution in [3.8, 4) is 0 Å². The zero-order chi connectivity index (χ0) is 9.26. The fourth-order valence-electron chi connectivity index (χ4n) is 1.26. The van der Waals surface area contributed by atoms with Crippen molar-refractivity contribution in [1.29, 1.82) is 0 Å². The molecule has 0 amide bonds. The van der Waals surface area contributed by atoms with Crippen molar-refractivity contribution in [3.63, 3.8) is 0 Å². The highest BCUT2D eigenvalue weighted by molar-refractivity contribution is 7.82. The molecule has 66 valence electrons. The summed E-state index contributed by atoms with van der Waals surface area (Å²) in [6, 6.07) is 9.98. The molecule has 0 atom stereocenters. The number of nitrogens with zero attached hydrogens (tertiary/aromatic N) is 1. The van der Waals surface area contributed by atoms with E-state index in [1.54, 1.807) is 0 Å². The van der Waals surface area contributed by atoms with Gasteiger partial charge in [-0.2, -0.15) is 0 Å². The van der Waals surface area contributed by atoms with Crippen LogP contribution in [0, 0.1) is 0 Å². The Kier molecular flexibility index (Phi) is 2.24. The molecule has 1 aliphatic heterocycles. The van der Waals surface area contributed by atoms with E-state index in [1.807, 2.05) is 35.2 Å². The van der Waals surface area contributed by atoms with Gasteiger partial charge in [0.05, 0.1) is 6.54 Å². The molecule has 0 aromatic heterocycles. The van der Waals surface area contributed by atoms with Gasteiger partial charge < -0.3 is 10.2 Å². The molecule has 1 saturated heterocycles. The number of para-hydroxylation sites is 1. The SMILES string of the molecule is S=C1CN(c2ccccc2)C(=S)N1. The molecule has 1 aromatic carbocycles. The molecule has 1 aliphatic rings. The lowest BCUT2D eigenvalue weighted by atomic mass is 10.3. The van der Waals surface area contributed by atoms with Gasteiger partial charge in [0.25, 0.3) is 0 Å². The summed E-state index contributed by atoms with van der Waals surface area (Å²) in [7, 11) is 0. The van der Waals surface area contributed by atoms with Crippen LogP contribution in [0.1, 0.15) is 0 Å². The number of hydrogen-bond acceptors (Lipinski definition) is 2. The Morgan fingerprint density at radius 1 is 1.15 bits per heavy atom. The van der Waals surface area contributed by atoms with Gasteiger partial charge in [0.15, 0.2) is 5.11 Å². The highest BCUT2D eigenvalue weighted by Crippen LogP contribution is 2.15. The molecule has 0 bridgehead atoms. The highest BCUT2D eigenvalue weighted by Gasteiger charge is 2.21. The number of rotatable bonds is 1. The predicted octanol–water partition coefficient (Wildman–Crippen LogP) is 1.71. The maximum absolute atomic E-state index is 5.13. The normalized spacial score (nSPS) is 16.2. The minimum atomic E-state index is 0.691. The van der Waals surface area contributed by atoms with Gasteiger partial charge in [0.1, 0.15) is 4.99 Å². The summed E-state index contributed by atoms with van der Waals surface area (Å²) >= 11 is 10.2. The summed E-state index contributed by atoms with van der Waals surface area (Å²) in [5.41, 5.74) is 1.08. The van der Waals surface area contributed by atoms with E-state index in [4.69, 9.17) is 24.4 Å². The fraction of sp³-hybridized carbons (Fsp3) is 0.111. The molecule has 0 spiro atoms. The standard InChI is InChI=1S/C9H8N2S2/c12-8-6-11(9(13)10-8)7-4-2-1-3-5-7/h1-5H,6H2,(H,10,12,13). The molecule has 0 saturated carbocycles. The van der Waals surface area contributed by atoms with Crippen LogP contribution < -0.4 is 10.2 Å². The van der Waals surface area contributed by atoms with E-state index < -0.39 is 0 Å². The number of nitrogens with one attached hydrogen (secondary N) is 1. The third-order valence-corrected chi connectivity index (χ3v) is 2.41. The van der Waals surface area contributed by atoms with Crippen LogP contribution >= 0.6 is 24.4 Å². The van der Waals surface area contributed by atoms with E-state index in [1.165, 1.54) is 0 Å². The first-order chi connectivity index (χ1) is 6.27. The van der Waals surface area contributed by atoms with Gasteiger partial charge in [0, 0.05) is 5.69 Å². The van der Waals surface area contributed by atoms with Gasteiger partial charge in [-0.05, 0) is 24.4 Å². The van der Waals surface area contributed by atoms with E-state index >= 15 is 0 Å². The zero-order valence-corrected chi connectivity index (χ0v) is 8.49. The third-order valence-electron chi connectivity index (χ3n) is 1.86. The molecule has 1 fully saturated rings. The zero-order valence-electron chi connectivity index (χ0n) is 6.86. The van der Waals surface area contributed by atoms with Crippen LogP contribution in [-0.4, -0.2) is 16.6 Å². The van der Waals surface area contributed by atoms with Crippen molar-refractivity contribution in [2.75, 3.05) is 11.4 Å². The number of hydrogen-bond donors (Lipinski definition) is 1. The summed E-state index contributed by atoms with van der Waals surface area (Å²) in [5, 5.41) is 3.65. The van der Waals surface area contributed by atoms with Gasteiger partial charge in [-0.25, -0.2) is 0 Å². The predicted molar refractivity (Wildman–Crippen MR) is 62.1 cm³/mol. The van der Waals surface area contributed by atoms with Crippen molar-refractivity contribution < 1.29 is 0 Å². The van der Waals surface area contributed by atoms with E-state index in [0.717, 1.165) is 10.7 Å². The van der Waals surface area contributed by atoms with Gasteiger partial charge in [-0.3, -0.25) is 0 Å². The Balaban J connectivity index is 2.28. The van der Waals surface area contributed by atoms with Crippen molar-refractivity contribution in [3.05, 3.63) is 30.3 Å². The van der Waals surface area contributed by atoms with Gasteiger partial charge >= 0.3 is 0 Å². The lowest BCUT2D eigenvalue weighted by Crippen LogP contribution is -2.27. The van der Waals surface area contributed by atoms with Crippen LogP contribution in [0.3, 0.4) is 0 Å². The number of anilines is 1. The average molecular weight is 208 g/mol. The molecule has 4 heteroatoms. The van der Waals surface area contributed by atoms with Gasteiger partial charge in [0.2, 0.25) is 0 Å². The molecular formula is C9H8N2S2. The largest absolute Gasteiger partial charge is 0.325 e. The van der Waals surface area contributed by atoms with Crippen LogP contribution in [0.25, 0.3) is 0 Å². The molecule has 13 heavy (non-hydrogen) atoms. The number of benzene rings is 1. The van der Waals surface area contributed by atoms with Gasteiger partial charge in [-0.1, -0.05) is 30.4 Å². The lowest BCUT2D eigenvalue weighted by molar-refractivity contribution is 1.24. The molecule has 2 rings (SSSR count). The first kappa shape index (κ1) is 8.59. The first-order valence-electron chi connectivity index (χ1n) is 3.94. The summed E-state index contributed by atoms with van der Waals surface area (Å²) in [6.07, 6.45) is 0. The quantitative estimate of drug-likeness (QED) is 0.706. The van der Waals surface area contributed by atoms with E-state index in [-0.39, 0.29) is 0 Å². The minimum Gasteiger partial charge on any atom is -0.325 e. The molecule has 1 aromatic rings. The topological polar surface area (TPSA) is 15.3 Å². The van der Waals surface area contributed by atoms with E-state index in [2.05, 4.69) is 5.32 Å². The van der Waals surface area contributed by atoms with Crippen LogP contribution in [0.5, 0.6) is 0 Å². The highest BCUT2D eigenvalue weighted by atomic mass is 32.1. The van der Waals surface area contributed by atoms with Crippen LogP contribution in [0.2, 0.25) is 0 Å². The van der Waals surface area contributed by atoms with Gasteiger partial charge in [-0.15, -0.1) is 0 Å². The van der Waals surface area contributed by atoms with Crippen molar-refractivity contribution in [1.82, 2.24) is 5.32 Å². The Bertz CT molecular complexity index is 348. The minimum absolute atomic E-state index is 0.691. The molecule has 1 N–H and O–H groups in total. The van der Waals surface area contributed by atoms with E-state index in [0.29, 0.717) is 11.7 Å². The lowest BCUT2D eigenvalue weighted by Gasteiger charge is -2.15. The average Bonchev–Trinajstić information content (AvgIpc) is 2.47. The molecule has 0 radical (unpaired) electrons. The Morgan fingerprint density at radius 2 is 1.85 bits per heavy atom. The van der Waals surface area contributed by atoms with Crippen molar-refractivity contribution in [2.45, 2.75) is 0 Å². The first-order valence-corrected chi connectivity index (χ1v) is 4.75. The Morgan fingerprint density at radius 3 is 2.38 bits per heavy atom. The van der Waals surface area contributed by atoms with Crippen molar-refractivity contribution in [2.24, 2.45) is 0 Å². The molecule has 0 aliphatic carbocycles. The third kappa shape index (κ3) is 1.68. The van der Waals surface area contributed by atoms with Crippen molar-refractivity contribution >= 4 is 40.2 Å². The summed E-state index contributed by atoms with van der Waals surface area (Å²) < 4.78 is 0. The second-order valence-corrected chi connectivity index (χ2v) is 3.65. The smallest absolute Gasteiger partial charge is 0.178 e. The second-order valence-electron chi connectivity index (χ2n) is 2.78. The van der Waals surface area contributed by atoms with Crippen LogP contribution in [-0.2, 0) is 0 Å². The summed E-state index contributed by atoms with van der Waals surface area (Å²) in [4.78, 5) is 2.77. The molecule has 1 heterocycles. The Labute approximate surface area is 87.5 Å². The maximum Gasteiger partial charge on any atom is 0.178 e. The molecule has 2 nitrogen and oxygen atoms in total. The summed E-state index contributed by atoms with van der Waals surface area (Å²) in [6.45, 7) is 0.693. The Hall–Kier alpha value is -1.00. The van der Waals surface area contributed by atoms with E-state index in [9.17, 15) is 0 Å². The van der Waals surface area contributed by atoms with Crippen LogP contribution in [0.15, 0.2) is 30.3 Å². The monoisotopic (exact) mass is 208 g/mol. The molecular weight excluding hydrogens is 200 g/mol. The maximum atomic E-state index is 5.13. The second kappa shape index (κ2) is 3.40. The fourth-order valence-corrected chi connectivity index (χ4v) is 1.84.